The summed E-state index contributed by atoms with van der Waals surface area (Å²) in [5.41, 5.74) is 2.20. The van der Waals surface area contributed by atoms with E-state index in [0.29, 0.717) is 26.7 Å². The maximum Gasteiger partial charge on any atom is 0.269 e. The molecule has 1 aliphatic rings. The largest absolute Gasteiger partial charge is 0.283 e. The number of nitrogens with zero attached hydrogens (tertiary/aromatic N) is 2. The molecular formula is C29H23Cl2FN2O3S. The lowest BCUT2D eigenvalue weighted by atomic mass is 9.94. The molecule has 5 nitrogen and oxygen atoms in total. The zero-order chi connectivity index (χ0) is 27.2. The maximum absolute atomic E-state index is 14.9. The summed E-state index contributed by atoms with van der Waals surface area (Å²) in [6, 6.07) is 20.3. The lowest BCUT2D eigenvalue weighted by Gasteiger charge is -2.29. The van der Waals surface area contributed by atoms with E-state index in [2.05, 4.69) is 0 Å². The molecule has 0 bridgehead atoms. The lowest BCUT2D eigenvalue weighted by Crippen LogP contribution is -2.34. The number of aromatic nitrogens is 1. The van der Waals surface area contributed by atoms with Crippen molar-refractivity contribution in [1.29, 1.82) is 0 Å². The van der Waals surface area contributed by atoms with Gasteiger partial charge in [0.1, 0.15) is 16.5 Å². The van der Waals surface area contributed by atoms with Gasteiger partial charge < -0.3 is 0 Å². The van der Waals surface area contributed by atoms with Gasteiger partial charge in [-0.2, -0.15) is 0 Å². The molecule has 0 amide bonds. The van der Waals surface area contributed by atoms with Crippen LogP contribution in [0.4, 0.5) is 10.2 Å². The molecule has 0 saturated carbocycles. The number of fused-ring (bicyclic) bond motifs is 1. The van der Waals surface area contributed by atoms with Crippen molar-refractivity contribution < 1.29 is 12.8 Å². The van der Waals surface area contributed by atoms with Crippen LogP contribution < -0.4 is 9.86 Å². The second kappa shape index (κ2) is 10.1. The first-order valence-corrected chi connectivity index (χ1v) is 14.0. The van der Waals surface area contributed by atoms with Crippen LogP contribution in [0.15, 0.2) is 100 Å². The maximum atomic E-state index is 14.9. The van der Waals surface area contributed by atoms with Crippen LogP contribution in [0.3, 0.4) is 0 Å². The minimum Gasteiger partial charge on any atom is -0.283 e. The van der Waals surface area contributed by atoms with E-state index in [0.717, 1.165) is 15.9 Å². The van der Waals surface area contributed by atoms with Crippen LogP contribution in [-0.4, -0.2) is 13.0 Å². The average Bonchev–Trinajstić information content (AvgIpc) is 3.23. The summed E-state index contributed by atoms with van der Waals surface area (Å²) in [6.07, 6.45) is 1.75. The molecule has 194 valence electrons. The van der Waals surface area contributed by atoms with E-state index < -0.39 is 32.8 Å². The minimum atomic E-state index is -4.47. The van der Waals surface area contributed by atoms with Crippen LogP contribution in [0.5, 0.6) is 0 Å². The Morgan fingerprint density at radius 3 is 1.92 bits per heavy atom. The van der Waals surface area contributed by atoms with E-state index >= 15 is 0 Å². The SMILES string of the molecule is CC(C)=Cc1ccc2n(c1=O)C(c1ccc(Cl)cc1)C(c1ccc(Cl)cc1)N2S(=O)(=O)c1ccccc1F. The number of anilines is 1. The van der Waals surface area contributed by atoms with Gasteiger partial charge >= 0.3 is 0 Å². The molecule has 9 heteroatoms. The topological polar surface area (TPSA) is 59.4 Å². The monoisotopic (exact) mass is 568 g/mol. The van der Waals surface area contributed by atoms with Crippen LogP contribution in [0, 0.1) is 5.82 Å². The quantitative estimate of drug-likeness (QED) is 0.254. The molecule has 0 saturated heterocycles. The van der Waals surface area contributed by atoms with Gasteiger partial charge in [-0.1, -0.05) is 71.2 Å². The highest BCUT2D eigenvalue weighted by Crippen LogP contribution is 2.49. The highest BCUT2D eigenvalue weighted by atomic mass is 35.5. The van der Waals surface area contributed by atoms with E-state index in [1.165, 1.54) is 22.8 Å². The standard InChI is InChI=1S/C29H23Cl2FN2O3S/c1-18(2)17-21-11-16-26-33(29(21)35)27(19-7-12-22(30)13-8-19)28(20-9-14-23(31)15-10-20)34(26)38(36,37)25-6-4-3-5-24(25)32/h3-17,27-28H,1-2H3. The predicted molar refractivity (Wildman–Crippen MR) is 150 cm³/mol. The zero-order valence-electron chi connectivity index (χ0n) is 20.5. The zero-order valence-corrected chi connectivity index (χ0v) is 22.8. The normalized spacial score (nSPS) is 16.8. The van der Waals surface area contributed by atoms with Crippen molar-refractivity contribution in [2.24, 2.45) is 0 Å². The van der Waals surface area contributed by atoms with E-state index in [1.807, 2.05) is 13.8 Å². The molecule has 0 fully saturated rings. The van der Waals surface area contributed by atoms with Gasteiger partial charge in [0, 0.05) is 15.6 Å². The second-order valence-corrected chi connectivity index (χ2v) is 11.9. The van der Waals surface area contributed by atoms with Crippen molar-refractivity contribution in [3.05, 3.63) is 133 Å². The van der Waals surface area contributed by atoms with Crippen LogP contribution in [-0.2, 0) is 10.0 Å². The molecule has 2 atom stereocenters. The predicted octanol–water partition coefficient (Wildman–Crippen LogP) is 7.26. The third-order valence-corrected chi connectivity index (χ3v) is 8.74. The molecule has 1 aromatic heterocycles. The Hall–Kier alpha value is -3.39. The Balaban J connectivity index is 1.87. The minimum absolute atomic E-state index is 0.129. The van der Waals surface area contributed by atoms with Crippen LogP contribution in [0.25, 0.3) is 6.08 Å². The smallest absolute Gasteiger partial charge is 0.269 e. The van der Waals surface area contributed by atoms with Gasteiger partial charge in [-0.25, -0.2) is 17.1 Å². The molecule has 2 heterocycles. The van der Waals surface area contributed by atoms with E-state index in [9.17, 15) is 17.6 Å². The van der Waals surface area contributed by atoms with E-state index in [1.54, 1.807) is 66.7 Å². The molecule has 5 rings (SSSR count). The summed E-state index contributed by atoms with van der Waals surface area (Å²) in [6.45, 7) is 3.75. The number of halogens is 3. The van der Waals surface area contributed by atoms with Gasteiger partial charge in [-0.05, 0) is 73.5 Å². The van der Waals surface area contributed by atoms with Crippen LogP contribution in [0.1, 0.15) is 42.6 Å². The summed E-state index contributed by atoms with van der Waals surface area (Å²) in [5, 5.41) is 0.968. The van der Waals surface area contributed by atoms with Gasteiger partial charge in [-0.15, -0.1) is 0 Å². The summed E-state index contributed by atoms with van der Waals surface area (Å²) < 4.78 is 45.9. The summed E-state index contributed by atoms with van der Waals surface area (Å²) in [7, 11) is -4.47. The molecule has 4 aromatic rings. The molecule has 2 unspecified atom stereocenters. The van der Waals surface area contributed by atoms with Crippen molar-refractivity contribution in [3.8, 4) is 0 Å². The number of hydrogen-bond donors (Lipinski definition) is 0. The highest BCUT2D eigenvalue weighted by molar-refractivity contribution is 7.92. The number of pyridine rings is 1. The number of sulfonamides is 1. The number of hydrogen-bond acceptors (Lipinski definition) is 3. The number of allylic oxidation sites excluding steroid dienone is 1. The van der Waals surface area contributed by atoms with Gasteiger partial charge in [0.2, 0.25) is 0 Å². The second-order valence-electron chi connectivity index (χ2n) is 9.27. The molecule has 3 aromatic carbocycles. The van der Waals surface area contributed by atoms with Crippen molar-refractivity contribution in [3.63, 3.8) is 0 Å². The Morgan fingerprint density at radius 2 is 1.37 bits per heavy atom. The van der Waals surface area contributed by atoms with E-state index in [-0.39, 0.29) is 11.4 Å². The van der Waals surface area contributed by atoms with Gasteiger partial charge in [0.25, 0.3) is 15.6 Å². The van der Waals surface area contributed by atoms with Crippen LogP contribution in [0.2, 0.25) is 10.0 Å². The summed E-state index contributed by atoms with van der Waals surface area (Å²) in [4.78, 5) is 13.4. The lowest BCUT2D eigenvalue weighted by molar-refractivity contribution is 0.524. The molecule has 0 radical (unpaired) electrons. The fourth-order valence-electron chi connectivity index (χ4n) is 4.84. The highest BCUT2D eigenvalue weighted by Gasteiger charge is 2.47. The number of benzene rings is 3. The fourth-order valence-corrected chi connectivity index (χ4v) is 6.80. The third kappa shape index (κ3) is 4.55. The third-order valence-electron chi connectivity index (χ3n) is 6.42. The van der Waals surface area contributed by atoms with Gasteiger partial charge in [-0.3, -0.25) is 9.36 Å². The summed E-state index contributed by atoms with van der Waals surface area (Å²) in [5.74, 6) is -0.753. The Bertz CT molecular complexity index is 1710. The van der Waals surface area contributed by atoms with Gasteiger partial charge in [0.15, 0.2) is 0 Å². The summed E-state index contributed by atoms with van der Waals surface area (Å²) >= 11 is 12.3. The molecule has 0 spiro atoms. The molecule has 0 N–H and O–H groups in total. The molecular weight excluding hydrogens is 546 g/mol. The molecule has 38 heavy (non-hydrogen) atoms. The van der Waals surface area contributed by atoms with Crippen molar-refractivity contribution in [2.75, 3.05) is 4.31 Å². The Labute approximate surface area is 230 Å². The first-order chi connectivity index (χ1) is 18.1. The Morgan fingerprint density at radius 1 is 0.816 bits per heavy atom. The van der Waals surface area contributed by atoms with E-state index in [4.69, 9.17) is 23.2 Å². The first kappa shape index (κ1) is 26.2. The van der Waals surface area contributed by atoms with Gasteiger partial charge in [0.05, 0.1) is 12.1 Å². The molecule has 0 aliphatic carbocycles. The fraction of sp³-hybridized carbons (Fsp3) is 0.138. The Kier molecular flexibility index (Phi) is 6.94. The van der Waals surface area contributed by atoms with Crippen molar-refractivity contribution in [2.45, 2.75) is 30.8 Å². The molecule has 1 aliphatic heterocycles. The average molecular weight is 569 g/mol. The first-order valence-electron chi connectivity index (χ1n) is 11.8. The van der Waals surface area contributed by atoms with Crippen LogP contribution >= 0.6 is 23.2 Å². The van der Waals surface area contributed by atoms with Crippen molar-refractivity contribution >= 4 is 45.1 Å². The van der Waals surface area contributed by atoms with Crippen molar-refractivity contribution in [1.82, 2.24) is 4.57 Å². The number of rotatable bonds is 5.